The maximum atomic E-state index is 12.3. The standard InChI is InChI=1S/C18H27NO3/c1-3-4-5-6-7-8-9-12-19-16-11-10-15(20)13-17(16)22-14(2)18(19)21/h10-11,13-14,20H,3-9,12H2,1-2H3. The average Bonchev–Trinajstić information content (AvgIpc) is 2.49. The van der Waals surface area contributed by atoms with Gasteiger partial charge in [0, 0.05) is 12.6 Å². The van der Waals surface area contributed by atoms with E-state index in [1.807, 2.05) is 0 Å². The van der Waals surface area contributed by atoms with Crippen molar-refractivity contribution >= 4 is 11.6 Å². The Morgan fingerprint density at radius 2 is 1.82 bits per heavy atom. The van der Waals surface area contributed by atoms with Crippen LogP contribution < -0.4 is 9.64 Å². The summed E-state index contributed by atoms with van der Waals surface area (Å²) in [6, 6.07) is 4.94. The second kappa shape index (κ2) is 8.06. The van der Waals surface area contributed by atoms with Gasteiger partial charge in [-0.3, -0.25) is 4.79 Å². The summed E-state index contributed by atoms with van der Waals surface area (Å²) in [7, 11) is 0. The molecule has 1 aliphatic rings. The number of anilines is 1. The van der Waals surface area contributed by atoms with Gasteiger partial charge in [0.05, 0.1) is 5.69 Å². The molecule has 0 aromatic heterocycles. The lowest BCUT2D eigenvalue weighted by Gasteiger charge is -2.33. The topological polar surface area (TPSA) is 49.8 Å². The van der Waals surface area contributed by atoms with Crippen LogP contribution in [0.15, 0.2) is 18.2 Å². The molecule has 0 saturated heterocycles. The summed E-state index contributed by atoms with van der Waals surface area (Å²) in [5.74, 6) is 0.760. The average molecular weight is 305 g/mol. The van der Waals surface area contributed by atoms with Crippen molar-refractivity contribution in [3.05, 3.63) is 18.2 Å². The van der Waals surface area contributed by atoms with Crippen LogP contribution >= 0.6 is 0 Å². The lowest BCUT2D eigenvalue weighted by molar-refractivity contribution is -0.125. The van der Waals surface area contributed by atoms with Gasteiger partial charge in [-0.15, -0.1) is 0 Å². The number of hydrogen-bond donors (Lipinski definition) is 1. The van der Waals surface area contributed by atoms with Crippen LogP contribution in [0.5, 0.6) is 11.5 Å². The van der Waals surface area contributed by atoms with Crippen molar-refractivity contribution in [1.29, 1.82) is 0 Å². The Morgan fingerprint density at radius 1 is 1.14 bits per heavy atom. The molecule has 1 heterocycles. The fourth-order valence-electron chi connectivity index (χ4n) is 2.86. The van der Waals surface area contributed by atoms with Crippen LogP contribution in [0.2, 0.25) is 0 Å². The van der Waals surface area contributed by atoms with Crippen LogP contribution in [-0.4, -0.2) is 23.7 Å². The number of hydrogen-bond acceptors (Lipinski definition) is 3. The summed E-state index contributed by atoms with van der Waals surface area (Å²) < 4.78 is 5.58. The first-order chi connectivity index (χ1) is 10.6. The predicted octanol–water partition coefficient (Wildman–Crippen LogP) is 4.26. The number of unbranched alkanes of at least 4 members (excludes halogenated alkanes) is 6. The van der Waals surface area contributed by atoms with E-state index < -0.39 is 6.10 Å². The van der Waals surface area contributed by atoms with Crippen LogP contribution in [0.4, 0.5) is 5.69 Å². The maximum absolute atomic E-state index is 12.3. The molecule has 1 amide bonds. The van der Waals surface area contributed by atoms with Crippen molar-refractivity contribution in [2.45, 2.75) is 64.9 Å². The number of aromatic hydroxyl groups is 1. The van der Waals surface area contributed by atoms with Crippen molar-refractivity contribution < 1.29 is 14.6 Å². The summed E-state index contributed by atoms with van der Waals surface area (Å²) in [5, 5.41) is 9.56. The van der Waals surface area contributed by atoms with Crippen molar-refractivity contribution in [3.8, 4) is 11.5 Å². The fourth-order valence-corrected chi connectivity index (χ4v) is 2.86. The normalized spacial score (nSPS) is 17.3. The van der Waals surface area contributed by atoms with E-state index in [1.54, 1.807) is 30.0 Å². The molecule has 4 nitrogen and oxygen atoms in total. The first kappa shape index (κ1) is 16.7. The van der Waals surface area contributed by atoms with Gasteiger partial charge in [0.25, 0.3) is 5.91 Å². The number of carbonyl (C=O) groups is 1. The van der Waals surface area contributed by atoms with Gasteiger partial charge < -0.3 is 14.7 Å². The number of rotatable bonds is 8. The van der Waals surface area contributed by atoms with Gasteiger partial charge in [-0.1, -0.05) is 45.4 Å². The number of phenolic OH excluding ortho intramolecular Hbond substituents is 1. The molecular formula is C18H27NO3. The molecule has 122 valence electrons. The fraction of sp³-hybridized carbons (Fsp3) is 0.611. The number of phenols is 1. The van der Waals surface area contributed by atoms with E-state index in [0.29, 0.717) is 5.75 Å². The van der Waals surface area contributed by atoms with E-state index in [4.69, 9.17) is 4.74 Å². The van der Waals surface area contributed by atoms with Gasteiger partial charge in [0.1, 0.15) is 11.5 Å². The molecule has 0 saturated carbocycles. The van der Waals surface area contributed by atoms with Gasteiger partial charge >= 0.3 is 0 Å². The first-order valence-electron chi connectivity index (χ1n) is 8.44. The Balaban J connectivity index is 1.88. The van der Waals surface area contributed by atoms with E-state index in [0.717, 1.165) is 25.1 Å². The SMILES string of the molecule is CCCCCCCCCN1C(=O)C(C)Oc2cc(O)ccc21. The number of benzene rings is 1. The molecule has 0 bridgehead atoms. The molecule has 22 heavy (non-hydrogen) atoms. The predicted molar refractivity (Wildman–Crippen MR) is 88.5 cm³/mol. The van der Waals surface area contributed by atoms with Crippen LogP contribution in [0.3, 0.4) is 0 Å². The van der Waals surface area contributed by atoms with Gasteiger partial charge in [-0.25, -0.2) is 0 Å². The monoisotopic (exact) mass is 305 g/mol. The van der Waals surface area contributed by atoms with E-state index in [9.17, 15) is 9.90 Å². The molecule has 1 atom stereocenters. The minimum Gasteiger partial charge on any atom is -0.508 e. The third-order valence-corrected chi connectivity index (χ3v) is 4.14. The lowest BCUT2D eigenvalue weighted by Crippen LogP contribution is -2.44. The highest BCUT2D eigenvalue weighted by molar-refractivity contribution is 5.99. The van der Waals surface area contributed by atoms with Crippen LogP contribution in [0, 0.1) is 0 Å². The van der Waals surface area contributed by atoms with E-state index in [-0.39, 0.29) is 11.7 Å². The second-order valence-electron chi connectivity index (χ2n) is 6.02. The van der Waals surface area contributed by atoms with Gasteiger partial charge in [0.2, 0.25) is 0 Å². The Bertz CT molecular complexity index is 501. The summed E-state index contributed by atoms with van der Waals surface area (Å²) >= 11 is 0. The summed E-state index contributed by atoms with van der Waals surface area (Å²) in [4.78, 5) is 14.1. The molecule has 1 unspecified atom stereocenters. The molecule has 2 rings (SSSR count). The quantitative estimate of drug-likeness (QED) is 0.730. The number of fused-ring (bicyclic) bond motifs is 1. The third kappa shape index (κ3) is 4.15. The summed E-state index contributed by atoms with van der Waals surface area (Å²) in [6.07, 6.45) is 8.08. The number of nitrogens with zero attached hydrogens (tertiary/aromatic N) is 1. The Labute approximate surface area is 133 Å². The minimum absolute atomic E-state index is 0.00386. The Morgan fingerprint density at radius 3 is 2.55 bits per heavy atom. The molecule has 0 spiro atoms. The zero-order valence-corrected chi connectivity index (χ0v) is 13.7. The Hall–Kier alpha value is -1.71. The van der Waals surface area contributed by atoms with Crippen molar-refractivity contribution in [3.63, 3.8) is 0 Å². The van der Waals surface area contributed by atoms with E-state index >= 15 is 0 Å². The Kier molecular flexibility index (Phi) is 6.10. The second-order valence-corrected chi connectivity index (χ2v) is 6.02. The number of ether oxygens (including phenoxy) is 1. The molecule has 1 aliphatic heterocycles. The molecule has 0 fully saturated rings. The van der Waals surface area contributed by atoms with Gasteiger partial charge in [-0.05, 0) is 25.5 Å². The van der Waals surface area contributed by atoms with Gasteiger partial charge in [-0.2, -0.15) is 0 Å². The number of carbonyl (C=O) groups excluding carboxylic acids is 1. The highest BCUT2D eigenvalue weighted by Crippen LogP contribution is 2.36. The molecule has 0 radical (unpaired) electrons. The van der Waals surface area contributed by atoms with E-state index in [2.05, 4.69) is 6.92 Å². The van der Waals surface area contributed by atoms with Crippen LogP contribution in [-0.2, 0) is 4.79 Å². The third-order valence-electron chi connectivity index (χ3n) is 4.14. The minimum atomic E-state index is -0.487. The summed E-state index contributed by atoms with van der Waals surface area (Å²) in [5.41, 5.74) is 0.770. The molecule has 1 aromatic rings. The largest absolute Gasteiger partial charge is 0.508 e. The van der Waals surface area contributed by atoms with Crippen LogP contribution in [0.25, 0.3) is 0 Å². The van der Waals surface area contributed by atoms with Crippen molar-refractivity contribution in [1.82, 2.24) is 0 Å². The van der Waals surface area contributed by atoms with E-state index in [1.165, 1.54) is 32.1 Å². The smallest absolute Gasteiger partial charge is 0.267 e. The zero-order valence-electron chi connectivity index (χ0n) is 13.7. The zero-order chi connectivity index (χ0) is 15.9. The molecule has 1 N–H and O–H groups in total. The molecule has 0 aliphatic carbocycles. The highest BCUT2D eigenvalue weighted by Gasteiger charge is 2.31. The maximum Gasteiger partial charge on any atom is 0.267 e. The number of amides is 1. The highest BCUT2D eigenvalue weighted by atomic mass is 16.5. The lowest BCUT2D eigenvalue weighted by atomic mass is 10.1. The summed E-state index contributed by atoms with van der Waals surface area (Å²) in [6.45, 7) is 4.70. The first-order valence-corrected chi connectivity index (χ1v) is 8.44. The molecule has 1 aromatic carbocycles. The van der Waals surface area contributed by atoms with Crippen molar-refractivity contribution in [2.75, 3.05) is 11.4 Å². The van der Waals surface area contributed by atoms with Crippen molar-refractivity contribution in [2.24, 2.45) is 0 Å². The molecule has 4 heteroatoms. The molecular weight excluding hydrogens is 278 g/mol. The van der Waals surface area contributed by atoms with Gasteiger partial charge in [0.15, 0.2) is 6.10 Å². The van der Waals surface area contributed by atoms with Crippen LogP contribution in [0.1, 0.15) is 58.8 Å².